The zero-order valence-electron chi connectivity index (χ0n) is 6.66. The zero-order valence-corrected chi connectivity index (χ0v) is 7.47. The number of hydrogen-bond donors (Lipinski definition) is 2. The van der Waals surface area contributed by atoms with Crippen LogP contribution in [0.15, 0.2) is 24.3 Å². The van der Waals surface area contributed by atoms with Gasteiger partial charge in [-0.15, -0.1) is 12.4 Å². The number of hydrogen-bond acceptors (Lipinski definition) is 2. The van der Waals surface area contributed by atoms with Gasteiger partial charge in [0.05, 0.1) is 0 Å². The Morgan fingerprint density at radius 1 is 1.33 bits per heavy atom. The van der Waals surface area contributed by atoms with Crippen molar-refractivity contribution in [2.24, 2.45) is 0 Å². The fourth-order valence-electron chi connectivity index (χ4n) is 1.48. The highest BCUT2D eigenvalue weighted by Gasteiger charge is 2.15. The first kappa shape index (κ1) is 9.52. The van der Waals surface area contributed by atoms with Gasteiger partial charge in [-0.3, -0.25) is 5.32 Å². The van der Waals surface area contributed by atoms with Crippen molar-refractivity contribution in [1.29, 1.82) is 0 Å². The second kappa shape index (κ2) is 3.90. The number of benzene rings is 1. The molecule has 0 aromatic heterocycles. The number of halogens is 1. The third kappa shape index (κ3) is 1.61. The van der Waals surface area contributed by atoms with Gasteiger partial charge in [-0.2, -0.15) is 0 Å². The van der Waals surface area contributed by atoms with E-state index in [4.69, 9.17) is 0 Å². The van der Waals surface area contributed by atoms with Gasteiger partial charge in [0.15, 0.2) is 0 Å². The van der Waals surface area contributed by atoms with Crippen LogP contribution >= 0.6 is 12.4 Å². The Balaban J connectivity index is 0.000000720. The van der Waals surface area contributed by atoms with Gasteiger partial charge in [0.1, 0.15) is 6.23 Å². The molecular weight excluding hydrogens is 174 g/mol. The summed E-state index contributed by atoms with van der Waals surface area (Å²) in [5.41, 5.74) is 2.29. The minimum absolute atomic E-state index is 0. The van der Waals surface area contributed by atoms with Crippen molar-refractivity contribution in [2.75, 3.05) is 6.54 Å². The molecule has 0 aliphatic carbocycles. The molecule has 1 unspecified atom stereocenters. The van der Waals surface area contributed by atoms with E-state index in [0.717, 1.165) is 18.5 Å². The standard InChI is InChI=1S/C9H11NO.ClH/c11-9-8-4-2-1-3-7(8)5-6-10-9;/h1-4,9-11H,5-6H2;1H. The second-order valence-electron chi connectivity index (χ2n) is 2.81. The minimum Gasteiger partial charge on any atom is -0.374 e. The highest BCUT2D eigenvalue weighted by atomic mass is 35.5. The predicted octanol–water partition coefficient (Wildman–Crippen LogP) is 1.24. The molecule has 2 nitrogen and oxygen atoms in total. The first-order valence-corrected chi connectivity index (χ1v) is 3.87. The Morgan fingerprint density at radius 3 is 2.83 bits per heavy atom. The van der Waals surface area contributed by atoms with Gasteiger partial charge < -0.3 is 5.11 Å². The Bertz CT molecular complexity index is 264. The van der Waals surface area contributed by atoms with E-state index in [2.05, 4.69) is 11.4 Å². The van der Waals surface area contributed by atoms with Gasteiger partial charge in [-0.05, 0) is 17.5 Å². The Hall–Kier alpha value is -0.570. The topological polar surface area (TPSA) is 32.3 Å². The van der Waals surface area contributed by atoms with E-state index < -0.39 is 6.23 Å². The maximum absolute atomic E-state index is 9.45. The van der Waals surface area contributed by atoms with E-state index in [0.29, 0.717) is 0 Å². The highest BCUT2D eigenvalue weighted by molar-refractivity contribution is 5.85. The molecular formula is C9H12ClNO. The van der Waals surface area contributed by atoms with E-state index in [1.807, 2.05) is 18.2 Å². The molecule has 1 atom stereocenters. The minimum atomic E-state index is -0.458. The SMILES string of the molecule is Cl.OC1NCCc2ccccc21. The third-order valence-corrected chi connectivity index (χ3v) is 2.08. The van der Waals surface area contributed by atoms with Crippen molar-refractivity contribution in [2.45, 2.75) is 12.6 Å². The molecule has 0 fully saturated rings. The van der Waals surface area contributed by atoms with Crippen LogP contribution in [0.1, 0.15) is 17.4 Å². The molecule has 3 heteroatoms. The average Bonchev–Trinajstić information content (AvgIpc) is 2.06. The van der Waals surface area contributed by atoms with Crippen molar-refractivity contribution in [3.8, 4) is 0 Å². The molecule has 0 saturated carbocycles. The van der Waals surface area contributed by atoms with E-state index in [1.165, 1.54) is 5.56 Å². The molecule has 1 aliphatic rings. The summed E-state index contributed by atoms with van der Waals surface area (Å²) < 4.78 is 0. The molecule has 0 bridgehead atoms. The average molecular weight is 186 g/mol. The van der Waals surface area contributed by atoms with Crippen LogP contribution in [0.25, 0.3) is 0 Å². The number of aliphatic hydroxyl groups excluding tert-OH is 1. The smallest absolute Gasteiger partial charge is 0.131 e. The van der Waals surface area contributed by atoms with Crippen molar-refractivity contribution in [1.82, 2.24) is 5.32 Å². The number of rotatable bonds is 0. The van der Waals surface area contributed by atoms with Gasteiger partial charge in [-0.25, -0.2) is 0 Å². The summed E-state index contributed by atoms with van der Waals surface area (Å²) >= 11 is 0. The quantitative estimate of drug-likeness (QED) is 0.638. The van der Waals surface area contributed by atoms with Crippen LogP contribution in [0.5, 0.6) is 0 Å². The fourth-order valence-corrected chi connectivity index (χ4v) is 1.48. The van der Waals surface area contributed by atoms with Gasteiger partial charge in [0.2, 0.25) is 0 Å². The molecule has 0 amide bonds. The third-order valence-electron chi connectivity index (χ3n) is 2.08. The predicted molar refractivity (Wildman–Crippen MR) is 50.4 cm³/mol. The molecule has 0 saturated heterocycles. The lowest BCUT2D eigenvalue weighted by atomic mass is 10.0. The maximum Gasteiger partial charge on any atom is 0.131 e. The molecule has 66 valence electrons. The van der Waals surface area contributed by atoms with Crippen LogP contribution in [-0.2, 0) is 6.42 Å². The largest absolute Gasteiger partial charge is 0.374 e. The molecule has 0 radical (unpaired) electrons. The summed E-state index contributed by atoms with van der Waals surface area (Å²) in [5.74, 6) is 0. The van der Waals surface area contributed by atoms with Crippen LogP contribution in [0.4, 0.5) is 0 Å². The van der Waals surface area contributed by atoms with Gasteiger partial charge in [0, 0.05) is 6.54 Å². The highest BCUT2D eigenvalue weighted by Crippen LogP contribution is 2.19. The maximum atomic E-state index is 9.45. The molecule has 0 spiro atoms. The van der Waals surface area contributed by atoms with Crippen molar-refractivity contribution in [3.63, 3.8) is 0 Å². The van der Waals surface area contributed by atoms with Crippen LogP contribution in [0.3, 0.4) is 0 Å². The Morgan fingerprint density at radius 2 is 2.08 bits per heavy atom. The van der Waals surface area contributed by atoms with Crippen molar-refractivity contribution in [3.05, 3.63) is 35.4 Å². The van der Waals surface area contributed by atoms with Gasteiger partial charge in [0.25, 0.3) is 0 Å². The number of nitrogens with one attached hydrogen (secondary N) is 1. The summed E-state index contributed by atoms with van der Waals surface area (Å²) in [6.45, 7) is 0.873. The van der Waals surface area contributed by atoms with Crippen LogP contribution in [0.2, 0.25) is 0 Å². The van der Waals surface area contributed by atoms with Gasteiger partial charge in [-0.1, -0.05) is 24.3 Å². The van der Waals surface area contributed by atoms with Crippen LogP contribution in [0, 0.1) is 0 Å². The number of aliphatic hydroxyl groups is 1. The van der Waals surface area contributed by atoms with Crippen LogP contribution in [-0.4, -0.2) is 11.7 Å². The van der Waals surface area contributed by atoms with Gasteiger partial charge >= 0.3 is 0 Å². The lowest BCUT2D eigenvalue weighted by molar-refractivity contribution is 0.132. The zero-order chi connectivity index (χ0) is 7.68. The molecule has 1 aromatic carbocycles. The first-order valence-electron chi connectivity index (χ1n) is 3.87. The fraction of sp³-hybridized carbons (Fsp3) is 0.333. The molecule has 2 N–H and O–H groups in total. The lowest BCUT2D eigenvalue weighted by Gasteiger charge is -2.22. The molecule has 1 heterocycles. The molecule has 2 rings (SSSR count). The summed E-state index contributed by atoms with van der Waals surface area (Å²) in [5, 5.41) is 12.4. The normalized spacial score (nSPS) is 20.9. The van der Waals surface area contributed by atoms with E-state index >= 15 is 0 Å². The van der Waals surface area contributed by atoms with E-state index in [1.54, 1.807) is 0 Å². The first-order chi connectivity index (χ1) is 5.38. The van der Waals surface area contributed by atoms with Crippen molar-refractivity contribution >= 4 is 12.4 Å². The molecule has 1 aromatic rings. The summed E-state index contributed by atoms with van der Waals surface area (Å²) in [6.07, 6.45) is 0.563. The summed E-state index contributed by atoms with van der Waals surface area (Å²) in [4.78, 5) is 0. The number of fused-ring (bicyclic) bond motifs is 1. The molecule has 1 aliphatic heterocycles. The Labute approximate surface area is 78.0 Å². The monoisotopic (exact) mass is 185 g/mol. The lowest BCUT2D eigenvalue weighted by Crippen LogP contribution is -2.29. The van der Waals surface area contributed by atoms with E-state index in [9.17, 15) is 5.11 Å². The molecule has 12 heavy (non-hydrogen) atoms. The summed E-state index contributed by atoms with van der Waals surface area (Å²) in [6, 6.07) is 8.00. The second-order valence-corrected chi connectivity index (χ2v) is 2.81. The van der Waals surface area contributed by atoms with E-state index in [-0.39, 0.29) is 12.4 Å². The van der Waals surface area contributed by atoms with Crippen LogP contribution < -0.4 is 5.32 Å². The Kier molecular flexibility index (Phi) is 3.09. The summed E-state index contributed by atoms with van der Waals surface area (Å²) in [7, 11) is 0. The van der Waals surface area contributed by atoms with Crippen molar-refractivity contribution < 1.29 is 5.11 Å².